The van der Waals surface area contributed by atoms with Crippen LogP contribution in [0.4, 0.5) is 0 Å². The van der Waals surface area contributed by atoms with Gasteiger partial charge in [-0.1, -0.05) is 18.2 Å². The molecule has 0 unspecified atom stereocenters. The normalized spacial score (nSPS) is 13.1. The Bertz CT molecular complexity index is 908. The predicted octanol–water partition coefficient (Wildman–Crippen LogP) is 3.10. The number of benzene rings is 2. The van der Waals surface area contributed by atoms with E-state index >= 15 is 0 Å². The van der Waals surface area contributed by atoms with Crippen LogP contribution in [-0.2, 0) is 6.42 Å². The van der Waals surface area contributed by atoms with Gasteiger partial charge in [0.05, 0.1) is 12.2 Å². The number of rotatable bonds is 0. The van der Waals surface area contributed by atoms with Gasteiger partial charge in [0.15, 0.2) is 0 Å². The molecule has 2 aromatic carbocycles. The lowest BCUT2D eigenvalue weighted by atomic mass is 9.97. The van der Waals surface area contributed by atoms with Crippen molar-refractivity contribution in [2.75, 3.05) is 6.61 Å². The van der Waals surface area contributed by atoms with Gasteiger partial charge in [0.2, 0.25) is 0 Å². The fourth-order valence-corrected chi connectivity index (χ4v) is 2.85. The molecule has 0 bridgehead atoms. The molecule has 4 heteroatoms. The lowest BCUT2D eigenvalue weighted by molar-refractivity contribution is 0.327. The first-order chi connectivity index (χ1) is 10.2. The monoisotopic (exact) mass is 280 g/mol. The Morgan fingerprint density at radius 1 is 1.10 bits per heavy atom. The molecule has 4 rings (SSSR count). The summed E-state index contributed by atoms with van der Waals surface area (Å²) < 4.78 is 11.1. The van der Waals surface area contributed by atoms with Crippen molar-refractivity contribution in [1.29, 1.82) is 0 Å². The SMILES string of the molecule is O=c1oc2cc(O)ccc2c2c1-c1ccccc1OCC2. The molecule has 1 aliphatic rings. The van der Waals surface area contributed by atoms with Crippen LogP contribution in [0.2, 0.25) is 0 Å². The van der Waals surface area contributed by atoms with Crippen molar-refractivity contribution < 1.29 is 14.3 Å². The largest absolute Gasteiger partial charge is 0.508 e. The van der Waals surface area contributed by atoms with Crippen LogP contribution < -0.4 is 10.4 Å². The van der Waals surface area contributed by atoms with Crippen molar-refractivity contribution >= 4 is 11.0 Å². The Morgan fingerprint density at radius 3 is 2.86 bits per heavy atom. The summed E-state index contributed by atoms with van der Waals surface area (Å²) in [6.07, 6.45) is 0.622. The van der Waals surface area contributed by atoms with E-state index in [-0.39, 0.29) is 5.75 Å². The highest BCUT2D eigenvalue weighted by atomic mass is 16.5. The molecular weight excluding hydrogens is 268 g/mol. The summed E-state index contributed by atoms with van der Waals surface area (Å²) in [7, 11) is 0. The molecule has 1 aromatic heterocycles. The van der Waals surface area contributed by atoms with Gasteiger partial charge < -0.3 is 14.3 Å². The number of aromatic hydroxyl groups is 1. The summed E-state index contributed by atoms with van der Waals surface area (Å²) in [5, 5.41) is 10.4. The molecule has 0 atom stereocenters. The van der Waals surface area contributed by atoms with E-state index in [1.807, 2.05) is 24.3 Å². The number of hydrogen-bond acceptors (Lipinski definition) is 4. The average molecular weight is 280 g/mol. The predicted molar refractivity (Wildman–Crippen MR) is 78.8 cm³/mol. The maximum Gasteiger partial charge on any atom is 0.344 e. The third kappa shape index (κ3) is 1.80. The average Bonchev–Trinajstić information content (AvgIpc) is 2.67. The molecule has 3 aromatic rings. The molecule has 0 amide bonds. The van der Waals surface area contributed by atoms with Crippen LogP contribution in [0.1, 0.15) is 5.56 Å². The third-order valence-electron chi connectivity index (χ3n) is 3.76. The van der Waals surface area contributed by atoms with Gasteiger partial charge in [0.1, 0.15) is 17.1 Å². The van der Waals surface area contributed by atoms with E-state index in [9.17, 15) is 9.90 Å². The number of hydrogen-bond donors (Lipinski definition) is 1. The summed E-state index contributed by atoms with van der Waals surface area (Å²) in [5.74, 6) is 0.776. The maximum absolute atomic E-state index is 12.4. The minimum absolute atomic E-state index is 0.0795. The fourth-order valence-electron chi connectivity index (χ4n) is 2.85. The zero-order chi connectivity index (χ0) is 14.4. The van der Waals surface area contributed by atoms with Gasteiger partial charge >= 0.3 is 5.63 Å². The summed E-state index contributed by atoms with van der Waals surface area (Å²) in [4.78, 5) is 12.4. The Morgan fingerprint density at radius 2 is 1.95 bits per heavy atom. The van der Waals surface area contributed by atoms with Crippen LogP contribution in [0.3, 0.4) is 0 Å². The lowest BCUT2D eigenvalue weighted by Gasteiger charge is -2.09. The summed E-state index contributed by atoms with van der Waals surface area (Å²) in [5.41, 5.74) is 2.22. The van der Waals surface area contributed by atoms with Crippen LogP contribution in [0.15, 0.2) is 51.7 Å². The van der Waals surface area contributed by atoms with Crippen LogP contribution >= 0.6 is 0 Å². The number of ether oxygens (including phenoxy) is 1. The first kappa shape index (κ1) is 12.0. The van der Waals surface area contributed by atoms with Crippen molar-refractivity contribution in [2.24, 2.45) is 0 Å². The highest BCUT2D eigenvalue weighted by Crippen LogP contribution is 2.36. The van der Waals surface area contributed by atoms with Gasteiger partial charge in [-0.05, 0) is 23.8 Å². The zero-order valence-electron chi connectivity index (χ0n) is 11.1. The van der Waals surface area contributed by atoms with E-state index < -0.39 is 5.63 Å². The minimum Gasteiger partial charge on any atom is -0.508 e. The molecule has 0 saturated heterocycles. The smallest absolute Gasteiger partial charge is 0.344 e. The van der Waals surface area contributed by atoms with Gasteiger partial charge in [-0.25, -0.2) is 4.79 Å². The van der Waals surface area contributed by atoms with Gasteiger partial charge in [0, 0.05) is 23.4 Å². The second kappa shape index (κ2) is 4.38. The van der Waals surface area contributed by atoms with Crippen LogP contribution in [0.25, 0.3) is 22.1 Å². The minimum atomic E-state index is -0.402. The number of phenols is 1. The van der Waals surface area contributed by atoms with Crippen LogP contribution in [0.5, 0.6) is 11.5 Å². The molecule has 21 heavy (non-hydrogen) atoms. The van der Waals surface area contributed by atoms with Gasteiger partial charge in [-0.15, -0.1) is 0 Å². The molecule has 4 nitrogen and oxygen atoms in total. The van der Waals surface area contributed by atoms with Crippen molar-refractivity contribution in [3.05, 3.63) is 58.4 Å². The molecule has 0 fully saturated rings. The first-order valence-corrected chi connectivity index (χ1v) is 6.75. The van der Waals surface area contributed by atoms with E-state index in [0.29, 0.717) is 29.9 Å². The fraction of sp³-hybridized carbons (Fsp3) is 0.118. The molecule has 0 saturated carbocycles. The van der Waals surface area contributed by atoms with Gasteiger partial charge in [0.25, 0.3) is 0 Å². The quantitative estimate of drug-likeness (QED) is 0.643. The highest BCUT2D eigenvalue weighted by molar-refractivity contribution is 5.89. The Balaban J connectivity index is 2.15. The molecular formula is C17H12O4. The Kier molecular flexibility index (Phi) is 2.51. The number of fused-ring (bicyclic) bond motifs is 5. The van der Waals surface area contributed by atoms with E-state index in [0.717, 1.165) is 16.5 Å². The van der Waals surface area contributed by atoms with Crippen molar-refractivity contribution in [2.45, 2.75) is 6.42 Å². The van der Waals surface area contributed by atoms with Crippen LogP contribution in [-0.4, -0.2) is 11.7 Å². The molecule has 2 heterocycles. The van der Waals surface area contributed by atoms with E-state index in [1.54, 1.807) is 12.1 Å². The zero-order valence-corrected chi connectivity index (χ0v) is 11.1. The highest BCUT2D eigenvalue weighted by Gasteiger charge is 2.22. The van der Waals surface area contributed by atoms with Crippen molar-refractivity contribution in [3.63, 3.8) is 0 Å². The van der Waals surface area contributed by atoms with E-state index in [2.05, 4.69) is 0 Å². The molecule has 1 N–H and O–H groups in total. The molecule has 1 aliphatic heterocycles. The summed E-state index contributed by atoms with van der Waals surface area (Å²) >= 11 is 0. The first-order valence-electron chi connectivity index (χ1n) is 6.75. The number of para-hydroxylation sites is 1. The standard InChI is InChI=1S/C17H12O4/c18-10-5-6-11-12-7-8-20-14-4-2-1-3-13(14)16(12)17(19)21-15(11)9-10/h1-6,9,18H,7-8H2. The van der Waals surface area contributed by atoms with Crippen LogP contribution in [0, 0.1) is 0 Å². The van der Waals surface area contributed by atoms with Crippen molar-refractivity contribution in [1.82, 2.24) is 0 Å². The van der Waals surface area contributed by atoms with Gasteiger partial charge in [-0.2, -0.15) is 0 Å². The maximum atomic E-state index is 12.4. The lowest BCUT2D eigenvalue weighted by Crippen LogP contribution is -2.07. The van der Waals surface area contributed by atoms with E-state index in [4.69, 9.17) is 9.15 Å². The summed E-state index contributed by atoms with van der Waals surface area (Å²) in [6.45, 7) is 0.503. The molecule has 0 spiro atoms. The van der Waals surface area contributed by atoms with E-state index in [1.165, 1.54) is 6.07 Å². The Labute approximate surface area is 120 Å². The van der Waals surface area contributed by atoms with Crippen molar-refractivity contribution in [3.8, 4) is 22.6 Å². The summed E-state index contributed by atoms with van der Waals surface area (Å²) in [6, 6.07) is 12.3. The second-order valence-electron chi connectivity index (χ2n) is 5.02. The Hall–Kier alpha value is -2.75. The topological polar surface area (TPSA) is 59.7 Å². The van der Waals surface area contributed by atoms with Gasteiger partial charge in [-0.3, -0.25) is 0 Å². The molecule has 104 valence electrons. The molecule has 0 radical (unpaired) electrons. The second-order valence-corrected chi connectivity index (χ2v) is 5.02. The number of phenolic OH excluding ortho intramolecular Hbond substituents is 1. The molecule has 0 aliphatic carbocycles. The third-order valence-corrected chi connectivity index (χ3v) is 3.76.